The van der Waals surface area contributed by atoms with Crippen LogP contribution in [0.1, 0.15) is 11.1 Å². The Kier molecular flexibility index (Phi) is 3.78. The molecule has 1 rings (SSSR count). The van der Waals surface area contributed by atoms with Crippen LogP contribution in [0.3, 0.4) is 0 Å². The standard InChI is InChI=1S/C8H10O2S2/c9-12(10)6-8-3-1-7(5-11)2-4-8/h1-4,11H,5-6H2,(H,9,10). The van der Waals surface area contributed by atoms with Crippen LogP contribution in [0.5, 0.6) is 0 Å². The first-order valence-corrected chi connectivity index (χ1v) is 5.39. The summed E-state index contributed by atoms with van der Waals surface area (Å²) in [7, 11) is 0. The molecule has 0 fully saturated rings. The van der Waals surface area contributed by atoms with Crippen molar-refractivity contribution in [1.29, 1.82) is 0 Å². The van der Waals surface area contributed by atoms with Crippen molar-refractivity contribution >= 4 is 23.7 Å². The fourth-order valence-electron chi connectivity index (χ4n) is 0.883. The second kappa shape index (κ2) is 4.64. The molecule has 1 aromatic carbocycles. The maximum absolute atomic E-state index is 10.4. The van der Waals surface area contributed by atoms with E-state index in [1.807, 2.05) is 24.3 Å². The van der Waals surface area contributed by atoms with Gasteiger partial charge in [-0.25, -0.2) is 4.21 Å². The third-order valence-electron chi connectivity index (χ3n) is 1.50. The van der Waals surface area contributed by atoms with Crippen LogP contribution in [-0.2, 0) is 22.6 Å². The Morgan fingerprint density at radius 1 is 1.25 bits per heavy atom. The average Bonchev–Trinajstić information content (AvgIpc) is 2.05. The first-order valence-electron chi connectivity index (χ1n) is 3.48. The third kappa shape index (κ3) is 2.97. The molecule has 0 amide bonds. The molecule has 4 heteroatoms. The van der Waals surface area contributed by atoms with E-state index in [4.69, 9.17) is 4.55 Å². The van der Waals surface area contributed by atoms with Crippen LogP contribution in [0.4, 0.5) is 0 Å². The Labute approximate surface area is 79.7 Å². The van der Waals surface area contributed by atoms with Gasteiger partial charge in [-0.15, -0.1) is 0 Å². The predicted octanol–water partition coefficient (Wildman–Crippen LogP) is 1.84. The minimum absolute atomic E-state index is 0.201. The molecule has 66 valence electrons. The van der Waals surface area contributed by atoms with Crippen LogP contribution in [0, 0.1) is 0 Å². The van der Waals surface area contributed by atoms with Crippen molar-refractivity contribution in [3.63, 3.8) is 0 Å². The lowest BCUT2D eigenvalue weighted by Crippen LogP contribution is -1.92. The van der Waals surface area contributed by atoms with E-state index in [9.17, 15) is 4.21 Å². The monoisotopic (exact) mass is 202 g/mol. The molecule has 0 aliphatic carbocycles. The second-order valence-corrected chi connectivity index (χ2v) is 3.69. The topological polar surface area (TPSA) is 37.3 Å². The van der Waals surface area contributed by atoms with Crippen molar-refractivity contribution in [3.05, 3.63) is 35.4 Å². The highest BCUT2D eigenvalue weighted by Crippen LogP contribution is 2.07. The molecule has 0 bridgehead atoms. The lowest BCUT2D eigenvalue weighted by Gasteiger charge is -1.98. The molecule has 0 spiro atoms. The minimum Gasteiger partial charge on any atom is -0.306 e. The van der Waals surface area contributed by atoms with Crippen LogP contribution in [0.15, 0.2) is 24.3 Å². The minimum atomic E-state index is -1.74. The number of rotatable bonds is 3. The highest BCUT2D eigenvalue weighted by atomic mass is 32.2. The molecule has 0 aliphatic heterocycles. The zero-order valence-electron chi connectivity index (χ0n) is 6.43. The molecule has 1 N–H and O–H groups in total. The van der Waals surface area contributed by atoms with E-state index in [0.717, 1.165) is 11.1 Å². The third-order valence-corrected chi connectivity index (χ3v) is 2.44. The van der Waals surface area contributed by atoms with Gasteiger partial charge < -0.3 is 4.55 Å². The van der Waals surface area contributed by atoms with Crippen molar-refractivity contribution < 1.29 is 8.76 Å². The molecule has 0 aliphatic rings. The summed E-state index contributed by atoms with van der Waals surface area (Å²) in [6.07, 6.45) is 0. The summed E-state index contributed by atoms with van der Waals surface area (Å²) in [5.74, 6) is 0.898. The van der Waals surface area contributed by atoms with E-state index in [0.29, 0.717) is 5.75 Å². The Morgan fingerprint density at radius 3 is 2.17 bits per heavy atom. The summed E-state index contributed by atoms with van der Waals surface area (Å²) < 4.78 is 19.0. The molecular weight excluding hydrogens is 192 g/mol. The van der Waals surface area contributed by atoms with Crippen molar-refractivity contribution in [2.45, 2.75) is 11.5 Å². The number of hydrogen-bond acceptors (Lipinski definition) is 2. The summed E-state index contributed by atoms with van der Waals surface area (Å²) >= 11 is 2.36. The maximum Gasteiger partial charge on any atom is 0.157 e. The quantitative estimate of drug-likeness (QED) is 0.579. The van der Waals surface area contributed by atoms with Gasteiger partial charge in [-0.2, -0.15) is 12.6 Å². The first kappa shape index (κ1) is 9.77. The van der Waals surface area contributed by atoms with Crippen LogP contribution in [0.25, 0.3) is 0 Å². The fourth-order valence-corrected chi connectivity index (χ4v) is 1.57. The van der Waals surface area contributed by atoms with Crippen molar-refractivity contribution in [2.24, 2.45) is 0 Å². The Balaban J connectivity index is 2.71. The van der Waals surface area contributed by atoms with Gasteiger partial charge in [0.15, 0.2) is 11.1 Å². The van der Waals surface area contributed by atoms with Crippen LogP contribution < -0.4 is 0 Å². The number of hydrogen-bond donors (Lipinski definition) is 2. The van der Waals surface area contributed by atoms with E-state index in [2.05, 4.69) is 12.6 Å². The SMILES string of the molecule is O=S(O)Cc1ccc(CS)cc1. The molecule has 1 unspecified atom stereocenters. The van der Waals surface area contributed by atoms with E-state index in [1.165, 1.54) is 0 Å². The summed E-state index contributed by atoms with van der Waals surface area (Å²) in [4.78, 5) is 0. The number of benzene rings is 1. The Morgan fingerprint density at radius 2 is 1.75 bits per heavy atom. The number of thiol groups is 1. The fraction of sp³-hybridized carbons (Fsp3) is 0.250. The Hall–Kier alpha value is -0.320. The van der Waals surface area contributed by atoms with Crippen molar-refractivity contribution in [3.8, 4) is 0 Å². The maximum atomic E-state index is 10.4. The Bertz CT molecular complexity index is 269. The largest absolute Gasteiger partial charge is 0.306 e. The van der Waals surface area contributed by atoms with Gasteiger partial charge in [-0.05, 0) is 11.1 Å². The highest BCUT2D eigenvalue weighted by molar-refractivity contribution is 7.79. The molecule has 0 saturated carbocycles. The van der Waals surface area contributed by atoms with Gasteiger partial charge in [-0.1, -0.05) is 24.3 Å². The molecule has 0 saturated heterocycles. The molecule has 1 atom stereocenters. The summed E-state index contributed by atoms with van der Waals surface area (Å²) in [6.45, 7) is 0. The van der Waals surface area contributed by atoms with Gasteiger partial charge in [0.2, 0.25) is 0 Å². The summed E-state index contributed by atoms with van der Waals surface area (Å²) in [5, 5.41) is 0. The van der Waals surface area contributed by atoms with Gasteiger partial charge in [0, 0.05) is 5.75 Å². The molecule has 0 heterocycles. The van der Waals surface area contributed by atoms with Gasteiger partial charge >= 0.3 is 0 Å². The van der Waals surface area contributed by atoms with Crippen LogP contribution in [0.2, 0.25) is 0 Å². The lowest BCUT2D eigenvalue weighted by atomic mass is 10.2. The summed E-state index contributed by atoms with van der Waals surface area (Å²) in [5.41, 5.74) is 1.99. The van der Waals surface area contributed by atoms with Gasteiger partial charge in [0.25, 0.3) is 0 Å². The normalized spacial score (nSPS) is 12.8. The lowest BCUT2D eigenvalue weighted by molar-refractivity contribution is 0.563. The smallest absolute Gasteiger partial charge is 0.157 e. The van der Waals surface area contributed by atoms with Crippen LogP contribution >= 0.6 is 12.6 Å². The molecule has 2 nitrogen and oxygen atoms in total. The zero-order chi connectivity index (χ0) is 8.97. The first-order chi connectivity index (χ1) is 5.72. The molecule has 1 aromatic rings. The van der Waals surface area contributed by atoms with E-state index in [-0.39, 0.29) is 5.75 Å². The van der Waals surface area contributed by atoms with Crippen molar-refractivity contribution in [1.82, 2.24) is 0 Å². The summed E-state index contributed by atoms with van der Waals surface area (Å²) in [6, 6.07) is 7.52. The second-order valence-electron chi connectivity index (χ2n) is 2.44. The highest BCUT2D eigenvalue weighted by Gasteiger charge is 1.96. The van der Waals surface area contributed by atoms with Gasteiger partial charge in [0.05, 0.1) is 5.75 Å². The van der Waals surface area contributed by atoms with Gasteiger partial charge in [0.1, 0.15) is 0 Å². The molecule has 0 radical (unpaired) electrons. The van der Waals surface area contributed by atoms with Crippen molar-refractivity contribution in [2.75, 3.05) is 0 Å². The average molecular weight is 202 g/mol. The van der Waals surface area contributed by atoms with Crippen LogP contribution in [-0.4, -0.2) is 8.76 Å². The van der Waals surface area contributed by atoms with E-state index >= 15 is 0 Å². The molecule has 12 heavy (non-hydrogen) atoms. The molecular formula is C8H10O2S2. The van der Waals surface area contributed by atoms with E-state index in [1.54, 1.807) is 0 Å². The zero-order valence-corrected chi connectivity index (χ0v) is 8.15. The van der Waals surface area contributed by atoms with Gasteiger partial charge in [-0.3, -0.25) is 0 Å². The predicted molar refractivity (Wildman–Crippen MR) is 53.6 cm³/mol. The molecule has 0 aromatic heterocycles. The van der Waals surface area contributed by atoms with E-state index < -0.39 is 11.1 Å².